The summed E-state index contributed by atoms with van der Waals surface area (Å²) in [5, 5.41) is 13.2. The Kier molecular flexibility index (Phi) is 5.40. The van der Waals surface area contributed by atoms with Gasteiger partial charge in [0.05, 0.1) is 16.3 Å². The molecule has 4 aliphatic rings. The number of benzene rings is 2. The first kappa shape index (κ1) is 25.3. The Bertz CT molecular complexity index is 1800. The number of aromatic carboxylic acids is 1. The number of carbonyl (C=O) groups is 2. The zero-order valence-corrected chi connectivity index (χ0v) is 23.3. The fraction of sp³-hybridized carbons (Fsp3) is 0.323. The highest BCUT2D eigenvalue weighted by Gasteiger charge is 2.67. The molecule has 8 rings (SSSR count). The molecule has 1 saturated heterocycles. The van der Waals surface area contributed by atoms with E-state index in [2.05, 4.69) is 10.2 Å². The van der Waals surface area contributed by atoms with Crippen molar-refractivity contribution in [2.75, 3.05) is 11.9 Å². The molecule has 41 heavy (non-hydrogen) atoms. The Labute approximate surface area is 244 Å². The number of carboxylic acids is 1. The molecule has 0 radical (unpaired) electrons. The summed E-state index contributed by atoms with van der Waals surface area (Å²) in [7, 11) is 0. The van der Waals surface area contributed by atoms with Crippen LogP contribution >= 0.6 is 23.2 Å². The first-order chi connectivity index (χ1) is 19.8. The predicted octanol–water partition coefficient (Wildman–Crippen LogP) is 5.93. The van der Waals surface area contributed by atoms with Crippen molar-refractivity contribution < 1.29 is 19.1 Å². The number of carboxylic acid groups (broad SMARTS) is 1. The third-order valence-electron chi connectivity index (χ3n) is 9.56. The van der Waals surface area contributed by atoms with E-state index in [-0.39, 0.29) is 28.5 Å². The maximum absolute atomic E-state index is 16.1. The van der Waals surface area contributed by atoms with E-state index in [9.17, 15) is 14.7 Å². The van der Waals surface area contributed by atoms with E-state index in [0.29, 0.717) is 40.7 Å². The third kappa shape index (κ3) is 3.57. The summed E-state index contributed by atoms with van der Waals surface area (Å²) >= 11 is 12.6. The number of halogens is 3. The molecule has 2 aliphatic heterocycles. The Hall–Kier alpha value is -3.46. The normalized spacial score (nSPS) is 26.7. The van der Waals surface area contributed by atoms with E-state index >= 15 is 4.39 Å². The molecule has 208 valence electrons. The van der Waals surface area contributed by atoms with Crippen molar-refractivity contribution in [2.24, 2.45) is 5.92 Å². The van der Waals surface area contributed by atoms with Gasteiger partial charge in [0.1, 0.15) is 17.0 Å². The minimum absolute atomic E-state index is 0.0116. The molecule has 0 unspecified atom stereocenters. The van der Waals surface area contributed by atoms with Crippen molar-refractivity contribution in [1.82, 2.24) is 14.3 Å². The molecule has 7 nitrogen and oxygen atoms in total. The monoisotopic (exact) mass is 590 g/mol. The summed E-state index contributed by atoms with van der Waals surface area (Å²) in [5.74, 6) is -2.14. The van der Waals surface area contributed by atoms with Gasteiger partial charge in [-0.25, -0.2) is 14.2 Å². The Balaban J connectivity index is 1.37. The molecule has 2 aromatic heterocycles. The molecular weight excluding hydrogens is 566 g/mol. The second kappa shape index (κ2) is 8.77. The van der Waals surface area contributed by atoms with Crippen LogP contribution in [0.1, 0.15) is 57.6 Å². The van der Waals surface area contributed by atoms with Gasteiger partial charge < -0.3 is 14.8 Å². The number of hydrogen-bond acceptors (Lipinski definition) is 4. The summed E-state index contributed by atoms with van der Waals surface area (Å²) in [4.78, 5) is 33.5. The number of rotatable bonds is 4. The van der Waals surface area contributed by atoms with Gasteiger partial charge in [0.2, 0.25) is 5.91 Å². The summed E-state index contributed by atoms with van der Waals surface area (Å²) in [6, 6.07) is 13.6. The lowest BCUT2D eigenvalue weighted by atomic mass is 9.69. The van der Waals surface area contributed by atoms with Crippen LogP contribution < -0.4 is 5.32 Å². The number of aromatic nitrogens is 2. The van der Waals surface area contributed by atoms with Gasteiger partial charge in [-0.1, -0.05) is 41.4 Å². The van der Waals surface area contributed by atoms with Gasteiger partial charge in [-0.3, -0.25) is 9.69 Å². The molecule has 1 amide bonds. The highest BCUT2D eigenvalue weighted by atomic mass is 35.5. The number of nitrogens with one attached hydrogen (secondary N) is 1. The molecular formula is C31H25Cl2FN4O3. The number of pyridine rings is 1. The lowest BCUT2D eigenvalue weighted by Crippen LogP contribution is -2.61. The summed E-state index contributed by atoms with van der Waals surface area (Å²) in [6.07, 6.45) is 4.95. The molecule has 10 heteroatoms. The first-order valence-electron chi connectivity index (χ1n) is 13.8. The second-order valence-electron chi connectivity index (χ2n) is 11.8. The molecule has 4 heterocycles. The molecule has 2 aromatic carbocycles. The van der Waals surface area contributed by atoms with Crippen LogP contribution in [-0.2, 0) is 17.6 Å². The van der Waals surface area contributed by atoms with Crippen molar-refractivity contribution in [1.29, 1.82) is 0 Å². The van der Waals surface area contributed by atoms with Crippen molar-refractivity contribution >= 4 is 46.4 Å². The van der Waals surface area contributed by atoms with E-state index in [1.807, 2.05) is 16.5 Å². The number of nitrogens with zero attached hydrogens (tertiary/aromatic N) is 3. The summed E-state index contributed by atoms with van der Waals surface area (Å²) < 4.78 is 18.0. The largest absolute Gasteiger partial charge is 0.478 e. The van der Waals surface area contributed by atoms with Crippen molar-refractivity contribution in [3.8, 4) is 0 Å². The maximum Gasteiger partial charge on any atom is 0.335 e. The van der Waals surface area contributed by atoms with E-state index in [4.69, 9.17) is 28.2 Å². The molecule has 4 atom stereocenters. The van der Waals surface area contributed by atoms with Crippen molar-refractivity contribution in [2.45, 2.75) is 49.1 Å². The molecule has 2 aliphatic carbocycles. The average molecular weight is 591 g/mol. The van der Waals surface area contributed by atoms with Crippen molar-refractivity contribution in [3.63, 3.8) is 0 Å². The van der Waals surface area contributed by atoms with E-state index in [1.54, 1.807) is 36.5 Å². The van der Waals surface area contributed by atoms with Gasteiger partial charge in [-0.05, 0) is 60.2 Å². The first-order valence-corrected chi connectivity index (χ1v) is 14.6. The second-order valence-corrected chi connectivity index (χ2v) is 12.6. The van der Waals surface area contributed by atoms with E-state index < -0.39 is 23.2 Å². The molecule has 2 fully saturated rings. The van der Waals surface area contributed by atoms with Gasteiger partial charge >= 0.3 is 5.97 Å². The number of carbonyl (C=O) groups excluding carboxylic acids is 1. The smallest absolute Gasteiger partial charge is 0.335 e. The molecule has 0 bridgehead atoms. The maximum atomic E-state index is 16.1. The van der Waals surface area contributed by atoms with Gasteiger partial charge in [0.15, 0.2) is 0 Å². The van der Waals surface area contributed by atoms with Crippen LogP contribution in [0.5, 0.6) is 0 Å². The quantitative estimate of drug-likeness (QED) is 0.307. The number of amides is 1. The lowest BCUT2D eigenvalue weighted by molar-refractivity contribution is -0.129. The summed E-state index contributed by atoms with van der Waals surface area (Å²) in [6.45, 7) is 0.728. The average Bonchev–Trinajstić information content (AvgIpc) is 3.53. The number of anilines is 1. The fourth-order valence-electron chi connectivity index (χ4n) is 7.67. The van der Waals surface area contributed by atoms with Crippen LogP contribution in [0.2, 0.25) is 10.0 Å². The minimum atomic E-state index is -1.08. The lowest BCUT2D eigenvalue weighted by Gasteiger charge is -2.46. The van der Waals surface area contributed by atoms with Crippen LogP contribution in [-0.4, -0.2) is 49.4 Å². The van der Waals surface area contributed by atoms with Crippen LogP contribution in [0.15, 0.2) is 54.7 Å². The SMILES string of the molecule is O=C(O)c1ccn2c3c(nc2c1)[C@@H]1[C@H](C3)N(CC2CC2)[C@]2(Cc3ccc(Cl)cc3NC2=O)[C@H]1c1cccc(Cl)c1F. The Morgan fingerprint density at radius 1 is 1.17 bits per heavy atom. The van der Waals surface area contributed by atoms with Crippen LogP contribution in [0, 0.1) is 11.7 Å². The molecule has 1 saturated carbocycles. The minimum Gasteiger partial charge on any atom is -0.478 e. The summed E-state index contributed by atoms with van der Waals surface area (Å²) in [5.41, 5.74) is 3.38. The number of hydrogen-bond donors (Lipinski definition) is 2. The highest BCUT2D eigenvalue weighted by Crippen LogP contribution is 2.61. The number of fused-ring (bicyclic) bond motifs is 6. The predicted molar refractivity (Wildman–Crippen MR) is 152 cm³/mol. The van der Waals surface area contributed by atoms with Crippen LogP contribution in [0.25, 0.3) is 5.65 Å². The third-order valence-corrected chi connectivity index (χ3v) is 10.1. The zero-order chi connectivity index (χ0) is 28.2. The number of likely N-dealkylation sites (tertiary alicyclic amines) is 1. The van der Waals surface area contributed by atoms with Crippen molar-refractivity contribution in [3.05, 3.63) is 98.7 Å². The highest BCUT2D eigenvalue weighted by molar-refractivity contribution is 6.31. The van der Waals surface area contributed by atoms with Crippen LogP contribution in [0.4, 0.5) is 10.1 Å². The topological polar surface area (TPSA) is 86.9 Å². The Morgan fingerprint density at radius 3 is 2.78 bits per heavy atom. The Morgan fingerprint density at radius 2 is 2.00 bits per heavy atom. The molecule has 2 N–H and O–H groups in total. The van der Waals surface area contributed by atoms with Gasteiger partial charge in [-0.2, -0.15) is 0 Å². The molecule has 1 spiro atoms. The van der Waals surface area contributed by atoms with Gasteiger partial charge in [-0.15, -0.1) is 0 Å². The van der Waals surface area contributed by atoms with Gasteiger partial charge in [0.25, 0.3) is 0 Å². The van der Waals surface area contributed by atoms with E-state index in [0.717, 1.165) is 36.3 Å². The van der Waals surface area contributed by atoms with E-state index in [1.165, 1.54) is 6.07 Å². The van der Waals surface area contributed by atoms with Crippen LogP contribution in [0.3, 0.4) is 0 Å². The standard InChI is InChI=1S/C31H25Cl2FN4O3/c32-18-7-6-17-13-31(30(41)35-21(17)11-18)26(19-2-1-3-20(33)27(19)34)25-22(38(31)14-15-4-5-15)12-23-28(25)36-24-10-16(29(39)40)8-9-37(23)24/h1-3,6-11,15,22,25-26H,4-5,12-14H2,(H,35,41)(H,39,40)/t22-,25+,26-,31+/m0/s1. The fourth-order valence-corrected chi connectivity index (χ4v) is 8.03. The molecule has 4 aromatic rings. The van der Waals surface area contributed by atoms with Gasteiger partial charge in [0, 0.05) is 59.9 Å². The number of imidazole rings is 1. The zero-order valence-electron chi connectivity index (χ0n) is 21.8.